The SMILES string of the molecule is COc1ccc(C(=O)N(C)Cc2cnn(-c3ccccc3)c2)cc1S(=O)(=O)NC1CCCC1. The van der Waals surface area contributed by atoms with Gasteiger partial charge in [0.05, 0.1) is 19.0 Å². The normalized spacial score (nSPS) is 14.4. The Morgan fingerprint density at radius 1 is 1.18 bits per heavy atom. The van der Waals surface area contributed by atoms with Gasteiger partial charge in [-0.25, -0.2) is 17.8 Å². The van der Waals surface area contributed by atoms with Crippen LogP contribution in [0.15, 0.2) is 65.8 Å². The summed E-state index contributed by atoms with van der Waals surface area (Å²) >= 11 is 0. The second-order valence-electron chi connectivity index (χ2n) is 8.26. The van der Waals surface area contributed by atoms with Crippen molar-refractivity contribution >= 4 is 15.9 Å². The highest BCUT2D eigenvalue weighted by molar-refractivity contribution is 7.89. The van der Waals surface area contributed by atoms with Crippen LogP contribution >= 0.6 is 0 Å². The van der Waals surface area contributed by atoms with Crippen molar-refractivity contribution in [1.82, 2.24) is 19.4 Å². The first-order valence-electron chi connectivity index (χ1n) is 10.9. The number of ether oxygens (including phenoxy) is 1. The molecule has 0 saturated heterocycles. The van der Waals surface area contributed by atoms with Crippen LogP contribution < -0.4 is 9.46 Å². The molecule has 1 aliphatic rings. The summed E-state index contributed by atoms with van der Waals surface area (Å²) in [6.45, 7) is 0.333. The Balaban J connectivity index is 1.52. The average molecular weight is 469 g/mol. The highest BCUT2D eigenvalue weighted by atomic mass is 32.2. The molecule has 1 N–H and O–H groups in total. The van der Waals surface area contributed by atoms with Gasteiger partial charge in [-0.15, -0.1) is 0 Å². The summed E-state index contributed by atoms with van der Waals surface area (Å²) in [6.07, 6.45) is 7.24. The zero-order valence-electron chi connectivity index (χ0n) is 18.8. The van der Waals surface area contributed by atoms with Crippen LogP contribution in [0.25, 0.3) is 5.69 Å². The molecule has 0 unspecified atom stereocenters. The van der Waals surface area contributed by atoms with Crippen LogP contribution in [0.5, 0.6) is 5.75 Å². The molecule has 0 spiro atoms. The van der Waals surface area contributed by atoms with Gasteiger partial charge in [0.15, 0.2) is 0 Å². The van der Waals surface area contributed by atoms with E-state index in [-0.39, 0.29) is 28.2 Å². The van der Waals surface area contributed by atoms with E-state index in [4.69, 9.17) is 4.74 Å². The fraction of sp³-hybridized carbons (Fsp3) is 0.333. The van der Waals surface area contributed by atoms with E-state index in [1.165, 1.54) is 24.1 Å². The van der Waals surface area contributed by atoms with Crippen LogP contribution in [0.4, 0.5) is 0 Å². The van der Waals surface area contributed by atoms with Gasteiger partial charge in [-0.2, -0.15) is 5.10 Å². The van der Waals surface area contributed by atoms with Gasteiger partial charge >= 0.3 is 0 Å². The van der Waals surface area contributed by atoms with Crippen molar-refractivity contribution in [1.29, 1.82) is 0 Å². The van der Waals surface area contributed by atoms with Crippen molar-refractivity contribution in [2.45, 2.75) is 43.2 Å². The van der Waals surface area contributed by atoms with Gasteiger partial charge < -0.3 is 9.64 Å². The number of nitrogens with zero attached hydrogens (tertiary/aromatic N) is 3. The first kappa shape index (κ1) is 23.0. The van der Waals surface area contributed by atoms with Crippen molar-refractivity contribution in [3.05, 3.63) is 72.1 Å². The summed E-state index contributed by atoms with van der Waals surface area (Å²) in [5, 5.41) is 4.36. The number of sulfonamides is 1. The Kier molecular flexibility index (Phi) is 6.80. The molecule has 1 amide bonds. The maximum atomic E-state index is 13.1. The molecular formula is C24H28N4O4S. The molecule has 9 heteroatoms. The number of hydrogen-bond acceptors (Lipinski definition) is 5. The number of carbonyl (C=O) groups excluding carboxylic acids is 1. The van der Waals surface area contributed by atoms with Gasteiger partial charge in [-0.1, -0.05) is 31.0 Å². The Bertz CT molecular complexity index is 1220. The van der Waals surface area contributed by atoms with Crippen LogP contribution in [0, 0.1) is 0 Å². The lowest BCUT2D eigenvalue weighted by Gasteiger charge is -2.19. The maximum Gasteiger partial charge on any atom is 0.253 e. The quantitative estimate of drug-likeness (QED) is 0.547. The van der Waals surface area contributed by atoms with Gasteiger partial charge in [0.25, 0.3) is 5.91 Å². The zero-order chi connectivity index (χ0) is 23.4. The largest absolute Gasteiger partial charge is 0.495 e. The van der Waals surface area contributed by atoms with Crippen LogP contribution in [0.1, 0.15) is 41.6 Å². The van der Waals surface area contributed by atoms with Crippen LogP contribution in [0.3, 0.4) is 0 Å². The molecule has 4 rings (SSSR count). The molecule has 0 atom stereocenters. The number of amides is 1. The van der Waals surface area contributed by atoms with E-state index in [0.717, 1.165) is 36.9 Å². The molecule has 0 aliphatic heterocycles. The number of benzene rings is 2. The third-order valence-corrected chi connectivity index (χ3v) is 7.34. The van der Waals surface area contributed by atoms with Crippen molar-refractivity contribution in [3.63, 3.8) is 0 Å². The minimum atomic E-state index is -3.81. The van der Waals surface area contributed by atoms with E-state index in [9.17, 15) is 13.2 Å². The predicted octanol–water partition coefficient (Wildman–Crippen LogP) is 3.37. The molecule has 33 heavy (non-hydrogen) atoms. The fourth-order valence-electron chi connectivity index (χ4n) is 4.08. The summed E-state index contributed by atoms with van der Waals surface area (Å²) in [6, 6.07) is 14.1. The van der Waals surface area contributed by atoms with E-state index in [1.54, 1.807) is 24.0 Å². The molecule has 0 bridgehead atoms. The maximum absolute atomic E-state index is 13.1. The van der Waals surface area contributed by atoms with Gasteiger partial charge in [0, 0.05) is 37.0 Å². The molecule has 1 saturated carbocycles. The third kappa shape index (κ3) is 5.26. The molecule has 1 aromatic heterocycles. The number of rotatable bonds is 8. The summed E-state index contributed by atoms with van der Waals surface area (Å²) in [5.74, 6) is -0.0775. The molecule has 0 radical (unpaired) electrons. The lowest BCUT2D eigenvalue weighted by Crippen LogP contribution is -2.33. The van der Waals surface area contributed by atoms with E-state index in [1.807, 2.05) is 36.5 Å². The number of carbonyl (C=O) groups is 1. The Morgan fingerprint density at radius 2 is 1.91 bits per heavy atom. The second-order valence-corrected chi connectivity index (χ2v) is 9.94. The first-order valence-corrected chi connectivity index (χ1v) is 12.4. The van der Waals surface area contributed by atoms with Crippen molar-refractivity contribution in [2.24, 2.45) is 0 Å². The number of nitrogens with one attached hydrogen (secondary N) is 1. The molecule has 1 aliphatic carbocycles. The van der Waals surface area contributed by atoms with Crippen molar-refractivity contribution < 1.29 is 17.9 Å². The van der Waals surface area contributed by atoms with E-state index in [2.05, 4.69) is 9.82 Å². The highest BCUT2D eigenvalue weighted by Crippen LogP contribution is 2.28. The standard InChI is InChI=1S/C24H28N4O4S/c1-27(16-18-15-25-28(17-18)21-10-4-3-5-11-21)24(29)19-12-13-22(32-2)23(14-19)33(30,31)26-20-8-6-7-9-20/h3-5,10-15,17,20,26H,6-9,16H2,1-2H3. The lowest BCUT2D eigenvalue weighted by atomic mass is 10.2. The zero-order valence-corrected chi connectivity index (χ0v) is 19.6. The van der Waals surface area contributed by atoms with Crippen LogP contribution in [-0.4, -0.2) is 49.2 Å². The smallest absolute Gasteiger partial charge is 0.253 e. The summed E-state index contributed by atoms with van der Waals surface area (Å²) in [7, 11) is -0.717. The average Bonchev–Trinajstić information content (AvgIpc) is 3.50. The highest BCUT2D eigenvalue weighted by Gasteiger charge is 2.27. The second kappa shape index (κ2) is 9.76. The van der Waals surface area contributed by atoms with E-state index in [0.29, 0.717) is 6.54 Å². The lowest BCUT2D eigenvalue weighted by molar-refractivity contribution is 0.0785. The van der Waals surface area contributed by atoms with E-state index < -0.39 is 10.0 Å². The summed E-state index contributed by atoms with van der Waals surface area (Å²) in [5.41, 5.74) is 2.07. The first-order chi connectivity index (χ1) is 15.9. The Labute approximate surface area is 194 Å². The Hall–Kier alpha value is -3.17. The summed E-state index contributed by atoms with van der Waals surface area (Å²) < 4.78 is 35.8. The van der Waals surface area contributed by atoms with E-state index >= 15 is 0 Å². The molecule has 2 aromatic carbocycles. The predicted molar refractivity (Wildman–Crippen MR) is 125 cm³/mol. The van der Waals surface area contributed by atoms with Gasteiger partial charge in [0.1, 0.15) is 10.6 Å². The number of hydrogen-bond donors (Lipinski definition) is 1. The van der Waals surface area contributed by atoms with Crippen LogP contribution in [0.2, 0.25) is 0 Å². The molecule has 174 valence electrons. The third-order valence-electron chi connectivity index (χ3n) is 5.80. The van der Waals surface area contributed by atoms with Gasteiger partial charge in [0.2, 0.25) is 10.0 Å². The number of para-hydroxylation sites is 1. The molecule has 1 heterocycles. The molecule has 3 aromatic rings. The van der Waals surface area contributed by atoms with Gasteiger partial charge in [-0.05, 0) is 43.2 Å². The monoisotopic (exact) mass is 468 g/mol. The topological polar surface area (TPSA) is 93.5 Å². The Morgan fingerprint density at radius 3 is 2.61 bits per heavy atom. The molecular weight excluding hydrogens is 440 g/mol. The van der Waals surface area contributed by atoms with Crippen molar-refractivity contribution in [3.8, 4) is 11.4 Å². The van der Waals surface area contributed by atoms with Crippen molar-refractivity contribution in [2.75, 3.05) is 14.2 Å². The minimum absolute atomic E-state index is 0.0203. The molecule has 1 fully saturated rings. The fourth-order valence-corrected chi connectivity index (χ4v) is 5.58. The number of aromatic nitrogens is 2. The van der Waals surface area contributed by atoms with Gasteiger partial charge in [-0.3, -0.25) is 4.79 Å². The molecule has 8 nitrogen and oxygen atoms in total. The minimum Gasteiger partial charge on any atom is -0.495 e. The van der Waals surface area contributed by atoms with Crippen LogP contribution in [-0.2, 0) is 16.6 Å². The summed E-state index contributed by atoms with van der Waals surface area (Å²) in [4.78, 5) is 14.6. The number of methoxy groups -OCH3 is 1.